The van der Waals surface area contributed by atoms with E-state index in [1.165, 1.54) is 29.5 Å². The maximum absolute atomic E-state index is 13.2. The molecule has 2 aromatic rings. The van der Waals surface area contributed by atoms with Gasteiger partial charge in [0.25, 0.3) is 5.91 Å². The molecule has 0 bridgehead atoms. The quantitative estimate of drug-likeness (QED) is 0.854. The second-order valence-corrected chi connectivity index (χ2v) is 6.91. The van der Waals surface area contributed by atoms with E-state index in [2.05, 4.69) is 26.2 Å². The van der Waals surface area contributed by atoms with E-state index >= 15 is 0 Å². The van der Waals surface area contributed by atoms with Gasteiger partial charge in [-0.1, -0.05) is 0 Å². The lowest BCUT2D eigenvalue weighted by atomic mass is 9.99. The summed E-state index contributed by atoms with van der Waals surface area (Å²) in [6.45, 7) is 0. The van der Waals surface area contributed by atoms with Gasteiger partial charge in [-0.2, -0.15) is 0 Å². The summed E-state index contributed by atoms with van der Waals surface area (Å²) in [6, 6.07) is 4.33. The predicted octanol–water partition coefficient (Wildman–Crippen LogP) is 3.11. The fourth-order valence-electron chi connectivity index (χ4n) is 2.26. The molecule has 1 amide bonds. The molecule has 1 aromatic heterocycles. The van der Waals surface area contributed by atoms with Crippen LogP contribution in [0.2, 0.25) is 0 Å². The normalized spacial score (nSPS) is 17.4. The second-order valence-electron chi connectivity index (χ2n) is 4.97. The largest absolute Gasteiger partial charge is 0.327 e. The molecule has 4 nitrogen and oxygen atoms in total. The molecule has 0 spiro atoms. The molecular weight excluding hydrogens is 357 g/mol. The van der Waals surface area contributed by atoms with Crippen LogP contribution in [0, 0.1) is 5.82 Å². The Labute approximate surface area is 133 Å². The number of fused-ring (bicyclic) bond motifs is 1. The van der Waals surface area contributed by atoms with Crippen LogP contribution in [-0.4, -0.2) is 16.9 Å². The zero-order chi connectivity index (χ0) is 15.0. The van der Waals surface area contributed by atoms with Crippen molar-refractivity contribution in [2.24, 2.45) is 5.73 Å². The molecule has 0 fully saturated rings. The van der Waals surface area contributed by atoms with E-state index in [0.717, 1.165) is 29.8 Å². The topological polar surface area (TPSA) is 68.0 Å². The molecule has 0 saturated heterocycles. The van der Waals surface area contributed by atoms with Crippen LogP contribution in [0.5, 0.6) is 0 Å². The van der Waals surface area contributed by atoms with Gasteiger partial charge >= 0.3 is 0 Å². The number of carbonyl (C=O) groups is 1. The van der Waals surface area contributed by atoms with Crippen molar-refractivity contribution in [3.05, 3.63) is 44.6 Å². The number of amides is 1. The summed E-state index contributed by atoms with van der Waals surface area (Å²) < 4.78 is 13.4. The molecule has 1 atom stereocenters. The molecule has 0 radical (unpaired) electrons. The predicted molar refractivity (Wildman–Crippen MR) is 84.2 cm³/mol. The first kappa shape index (κ1) is 14.6. The fourth-order valence-corrected chi connectivity index (χ4v) is 3.74. The minimum atomic E-state index is -0.398. The van der Waals surface area contributed by atoms with Crippen molar-refractivity contribution in [2.45, 2.75) is 25.3 Å². The molecule has 1 aliphatic rings. The summed E-state index contributed by atoms with van der Waals surface area (Å²) in [7, 11) is 0. The lowest BCUT2D eigenvalue weighted by Crippen LogP contribution is -2.27. The van der Waals surface area contributed by atoms with Crippen LogP contribution in [0.1, 0.15) is 27.3 Å². The Bertz CT molecular complexity index is 704. The van der Waals surface area contributed by atoms with E-state index in [-0.39, 0.29) is 16.4 Å². The number of rotatable bonds is 2. The van der Waals surface area contributed by atoms with E-state index in [4.69, 9.17) is 5.73 Å². The molecule has 0 saturated carbocycles. The van der Waals surface area contributed by atoms with Crippen LogP contribution in [0.25, 0.3) is 0 Å². The Kier molecular flexibility index (Phi) is 4.05. The number of nitrogens with one attached hydrogen (secondary N) is 1. The van der Waals surface area contributed by atoms with Crippen LogP contribution in [0.15, 0.2) is 22.7 Å². The highest BCUT2D eigenvalue weighted by Gasteiger charge is 2.21. The van der Waals surface area contributed by atoms with E-state index in [9.17, 15) is 9.18 Å². The average Bonchev–Trinajstić information content (AvgIpc) is 2.83. The standard InChI is InChI=1S/C14H13BrFN3OS/c15-9-5-7(1-3-10(9)16)13(20)19-14-18-11-4-2-8(17)6-12(11)21-14/h1,3,5,8H,2,4,6,17H2,(H,18,19,20)/t8-/m0/s1. The first-order valence-electron chi connectivity index (χ1n) is 6.53. The number of anilines is 1. The molecule has 1 heterocycles. The second kappa shape index (κ2) is 5.82. The van der Waals surface area contributed by atoms with Crippen LogP contribution < -0.4 is 11.1 Å². The summed E-state index contributed by atoms with van der Waals surface area (Å²) in [6.07, 6.45) is 2.59. The van der Waals surface area contributed by atoms with Gasteiger partial charge < -0.3 is 5.73 Å². The molecule has 1 aliphatic carbocycles. The van der Waals surface area contributed by atoms with Gasteiger partial charge in [-0.05, 0) is 53.4 Å². The van der Waals surface area contributed by atoms with Crippen molar-refractivity contribution in [2.75, 3.05) is 5.32 Å². The third-order valence-electron chi connectivity index (χ3n) is 3.38. The highest BCUT2D eigenvalue weighted by Crippen LogP contribution is 2.29. The van der Waals surface area contributed by atoms with E-state index < -0.39 is 5.82 Å². The van der Waals surface area contributed by atoms with Gasteiger partial charge in [0.15, 0.2) is 5.13 Å². The third kappa shape index (κ3) is 3.14. The molecule has 21 heavy (non-hydrogen) atoms. The minimum absolute atomic E-state index is 0.176. The Morgan fingerprint density at radius 1 is 1.52 bits per heavy atom. The molecule has 0 unspecified atom stereocenters. The highest BCUT2D eigenvalue weighted by atomic mass is 79.9. The lowest BCUT2D eigenvalue weighted by molar-refractivity contribution is 0.102. The zero-order valence-electron chi connectivity index (χ0n) is 11.0. The highest BCUT2D eigenvalue weighted by molar-refractivity contribution is 9.10. The van der Waals surface area contributed by atoms with Crippen LogP contribution in [0.4, 0.5) is 9.52 Å². The van der Waals surface area contributed by atoms with Crippen molar-refractivity contribution >= 4 is 38.3 Å². The van der Waals surface area contributed by atoms with Crippen molar-refractivity contribution in [1.82, 2.24) is 4.98 Å². The molecule has 7 heteroatoms. The number of halogens is 2. The monoisotopic (exact) mass is 369 g/mol. The van der Waals surface area contributed by atoms with Gasteiger partial charge in [0.2, 0.25) is 0 Å². The maximum Gasteiger partial charge on any atom is 0.257 e. The summed E-state index contributed by atoms with van der Waals surface area (Å²) in [5, 5.41) is 3.33. The molecule has 110 valence electrons. The number of hydrogen-bond donors (Lipinski definition) is 2. The average molecular weight is 370 g/mol. The summed E-state index contributed by atoms with van der Waals surface area (Å²) >= 11 is 4.53. The smallest absolute Gasteiger partial charge is 0.257 e. The minimum Gasteiger partial charge on any atom is -0.327 e. The summed E-state index contributed by atoms with van der Waals surface area (Å²) in [4.78, 5) is 17.7. The van der Waals surface area contributed by atoms with Gasteiger partial charge in [-0.25, -0.2) is 9.37 Å². The fraction of sp³-hybridized carbons (Fsp3) is 0.286. The Balaban J connectivity index is 1.77. The van der Waals surface area contributed by atoms with Crippen molar-refractivity contribution in [3.63, 3.8) is 0 Å². The molecular formula is C14H13BrFN3OS. The van der Waals surface area contributed by atoms with Crippen molar-refractivity contribution in [3.8, 4) is 0 Å². The number of aryl methyl sites for hydroxylation is 1. The lowest BCUT2D eigenvalue weighted by Gasteiger charge is -2.15. The molecule has 3 N–H and O–H groups in total. The van der Waals surface area contributed by atoms with E-state index in [0.29, 0.717) is 10.7 Å². The summed E-state index contributed by atoms with van der Waals surface area (Å²) in [5.41, 5.74) is 7.34. The Hall–Kier alpha value is -1.31. The van der Waals surface area contributed by atoms with Crippen LogP contribution in [-0.2, 0) is 12.8 Å². The first-order chi connectivity index (χ1) is 10.0. The van der Waals surface area contributed by atoms with Gasteiger partial charge in [-0.3, -0.25) is 10.1 Å². The first-order valence-corrected chi connectivity index (χ1v) is 8.14. The number of benzene rings is 1. The third-order valence-corrected chi connectivity index (χ3v) is 5.02. The van der Waals surface area contributed by atoms with Crippen LogP contribution in [0.3, 0.4) is 0 Å². The van der Waals surface area contributed by atoms with Gasteiger partial charge in [-0.15, -0.1) is 11.3 Å². The molecule has 3 rings (SSSR count). The number of carbonyl (C=O) groups excluding carboxylic acids is 1. The molecule has 1 aromatic carbocycles. The number of hydrogen-bond acceptors (Lipinski definition) is 4. The molecule has 0 aliphatic heterocycles. The zero-order valence-corrected chi connectivity index (χ0v) is 13.4. The Morgan fingerprint density at radius 3 is 3.10 bits per heavy atom. The van der Waals surface area contributed by atoms with Gasteiger partial charge in [0, 0.05) is 16.5 Å². The Morgan fingerprint density at radius 2 is 2.33 bits per heavy atom. The van der Waals surface area contributed by atoms with E-state index in [1.54, 1.807) is 0 Å². The number of nitrogens with two attached hydrogens (primary N) is 1. The number of aromatic nitrogens is 1. The van der Waals surface area contributed by atoms with Gasteiger partial charge in [0.05, 0.1) is 10.2 Å². The maximum atomic E-state index is 13.2. The van der Waals surface area contributed by atoms with Gasteiger partial charge in [0.1, 0.15) is 5.82 Å². The van der Waals surface area contributed by atoms with Crippen molar-refractivity contribution < 1.29 is 9.18 Å². The number of nitrogens with zero attached hydrogens (tertiary/aromatic N) is 1. The summed E-state index contributed by atoms with van der Waals surface area (Å²) in [5.74, 6) is -0.698. The SMILES string of the molecule is N[C@H]1CCc2nc(NC(=O)c3ccc(F)c(Br)c3)sc2C1. The van der Waals surface area contributed by atoms with Crippen molar-refractivity contribution in [1.29, 1.82) is 0 Å². The van der Waals surface area contributed by atoms with E-state index in [1.807, 2.05) is 0 Å². The van der Waals surface area contributed by atoms with Crippen LogP contribution >= 0.6 is 27.3 Å². The number of thiazole rings is 1.